The van der Waals surface area contributed by atoms with Crippen LogP contribution < -0.4 is 11.1 Å². The third-order valence-corrected chi connectivity index (χ3v) is 4.25. The van der Waals surface area contributed by atoms with Crippen LogP contribution in [0.5, 0.6) is 0 Å². The van der Waals surface area contributed by atoms with Crippen molar-refractivity contribution in [1.82, 2.24) is 5.32 Å². The highest BCUT2D eigenvalue weighted by molar-refractivity contribution is 8.93. The van der Waals surface area contributed by atoms with Crippen LogP contribution in [0.1, 0.15) is 36.8 Å². The third kappa shape index (κ3) is 3.79. The lowest BCUT2D eigenvalue weighted by molar-refractivity contribution is 0.138. The van der Waals surface area contributed by atoms with Crippen LogP contribution >= 0.6 is 17.0 Å². The molecule has 1 atom stereocenters. The van der Waals surface area contributed by atoms with Crippen molar-refractivity contribution < 1.29 is 9.53 Å². The Kier molecular flexibility index (Phi) is 6.40. The highest BCUT2D eigenvalue weighted by atomic mass is 79.9. The molecule has 3 rings (SSSR count). The minimum atomic E-state index is -0.451. The van der Waals surface area contributed by atoms with Crippen molar-refractivity contribution >= 4 is 23.1 Å². The van der Waals surface area contributed by atoms with Gasteiger partial charge in [-0.15, -0.1) is 17.0 Å². The van der Waals surface area contributed by atoms with Crippen molar-refractivity contribution in [1.29, 1.82) is 0 Å². The molecule has 0 bridgehead atoms. The maximum atomic E-state index is 11.9. The molecule has 0 fully saturated rings. The predicted molar refractivity (Wildman–Crippen MR) is 101 cm³/mol. The van der Waals surface area contributed by atoms with E-state index in [-0.39, 0.29) is 29.1 Å². The molecule has 5 heteroatoms. The summed E-state index contributed by atoms with van der Waals surface area (Å²) in [4.78, 5) is 11.9. The van der Waals surface area contributed by atoms with Crippen LogP contribution in [0.25, 0.3) is 11.1 Å². The Bertz CT molecular complexity index is 660. The summed E-state index contributed by atoms with van der Waals surface area (Å²) in [7, 11) is 0. The zero-order chi connectivity index (χ0) is 16.2. The van der Waals surface area contributed by atoms with Crippen LogP contribution in [0.3, 0.4) is 0 Å². The number of alkyl carbamates (subject to hydrolysis) is 1. The Hall–Kier alpha value is -1.85. The number of carbonyl (C=O) groups excluding carboxylic acids is 1. The molecule has 2 aromatic rings. The first-order chi connectivity index (χ1) is 11.2. The number of rotatable bonds is 5. The second-order valence-corrected chi connectivity index (χ2v) is 5.87. The van der Waals surface area contributed by atoms with Gasteiger partial charge in [0.2, 0.25) is 0 Å². The minimum absolute atomic E-state index is 0. The smallest absolute Gasteiger partial charge is 0.408 e. The lowest BCUT2D eigenvalue weighted by atomic mass is 9.98. The molecule has 2 aromatic carbocycles. The van der Waals surface area contributed by atoms with Crippen LogP contribution in [-0.2, 0) is 4.74 Å². The Morgan fingerprint density at radius 1 is 1.12 bits per heavy atom. The fourth-order valence-corrected chi connectivity index (χ4v) is 3.17. The first kappa shape index (κ1) is 18.5. The number of nitrogens with one attached hydrogen (secondary N) is 1. The molecule has 1 amide bonds. The van der Waals surface area contributed by atoms with Gasteiger partial charge in [0.1, 0.15) is 6.61 Å². The molecule has 0 saturated carbocycles. The lowest BCUT2D eigenvalue weighted by Gasteiger charge is -2.16. The van der Waals surface area contributed by atoms with Gasteiger partial charge in [0.05, 0.1) is 6.17 Å². The van der Waals surface area contributed by atoms with E-state index < -0.39 is 6.09 Å². The number of amides is 1. The fourth-order valence-electron chi connectivity index (χ4n) is 3.17. The second-order valence-electron chi connectivity index (χ2n) is 5.87. The zero-order valence-electron chi connectivity index (χ0n) is 13.7. The number of halogens is 1. The SMILES string of the molecule is Br.CCCC(N)NC(=O)OCC1c2ccccc2-c2ccccc21. The fraction of sp³-hybridized carbons (Fsp3) is 0.316. The quantitative estimate of drug-likeness (QED) is 0.752. The highest BCUT2D eigenvalue weighted by Gasteiger charge is 2.29. The zero-order valence-corrected chi connectivity index (χ0v) is 15.4. The van der Waals surface area contributed by atoms with E-state index in [1.807, 2.05) is 31.2 Å². The summed E-state index contributed by atoms with van der Waals surface area (Å²) >= 11 is 0. The summed E-state index contributed by atoms with van der Waals surface area (Å²) in [5, 5.41) is 2.67. The van der Waals surface area contributed by atoms with E-state index in [1.54, 1.807) is 0 Å². The Labute approximate surface area is 153 Å². The summed E-state index contributed by atoms with van der Waals surface area (Å²) in [6.07, 6.45) is 0.859. The third-order valence-electron chi connectivity index (χ3n) is 4.25. The molecule has 3 N–H and O–H groups in total. The minimum Gasteiger partial charge on any atom is -0.449 e. The van der Waals surface area contributed by atoms with Gasteiger partial charge < -0.3 is 15.8 Å². The number of carbonyl (C=O) groups is 1. The summed E-state index contributed by atoms with van der Waals surface area (Å²) in [6.45, 7) is 2.35. The van der Waals surface area contributed by atoms with Gasteiger partial charge in [0, 0.05) is 5.92 Å². The summed E-state index contributed by atoms with van der Waals surface area (Å²) in [6, 6.07) is 16.6. The van der Waals surface area contributed by atoms with E-state index in [0.29, 0.717) is 6.61 Å². The van der Waals surface area contributed by atoms with Crippen LogP contribution in [-0.4, -0.2) is 18.9 Å². The van der Waals surface area contributed by atoms with Gasteiger partial charge in [-0.1, -0.05) is 61.9 Å². The molecule has 24 heavy (non-hydrogen) atoms. The number of hydrogen-bond donors (Lipinski definition) is 2. The van der Waals surface area contributed by atoms with E-state index in [9.17, 15) is 4.79 Å². The van der Waals surface area contributed by atoms with E-state index in [1.165, 1.54) is 22.3 Å². The van der Waals surface area contributed by atoms with Crippen molar-refractivity contribution in [2.24, 2.45) is 5.73 Å². The second kappa shape index (κ2) is 8.31. The van der Waals surface area contributed by atoms with Gasteiger partial charge in [-0.25, -0.2) is 4.79 Å². The van der Waals surface area contributed by atoms with Gasteiger partial charge in [-0.3, -0.25) is 0 Å². The summed E-state index contributed by atoms with van der Waals surface area (Å²) in [5.41, 5.74) is 10.7. The monoisotopic (exact) mass is 390 g/mol. The van der Waals surface area contributed by atoms with Crippen LogP contribution in [0.2, 0.25) is 0 Å². The molecule has 1 aliphatic rings. The van der Waals surface area contributed by atoms with Crippen LogP contribution in [0.4, 0.5) is 4.79 Å². The number of hydrogen-bond acceptors (Lipinski definition) is 3. The molecule has 0 spiro atoms. The molecule has 0 heterocycles. The maximum absolute atomic E-state index is 11.9. The highest BCUT2D eigenvalue weighted by Crippen LogP contribution is 2.44. The molecule has 0 aromatic heterocycles. The Balaban J connectivity index is 0.00000208. The first-order valence-electron chi connectivity index (χ1n) is 8.07. The summed E-state index contributed by atoms with van der Waals surface area (Å²) < 4.78 is 5.43. The number of ether oxygens (including phenoxy) is 1. The number of benzene rings is 2. The average molecular weight is 391 g/mol. The van der Waals surface area contributed by atoms with E-state index >= 15 is 0 Å². The predicted octanol–water partition coefficient (Wildman–Crippen LogP) is 4.19. The lowest BCUT2D eigenvalue weighted by Crippen LogP contribution is -2.41. The van der Waals surface area contributed by atoms with Gasteiger partial charge in [-0.2, -0.15) is 0 Å². The van der Waals surface area contributed by atoms with Crippen LogP contribution in [0, 0.1) is 0 Å². The van der Waals surface area contributed by atoms with Crippen molar-refractivity contribution in [3.63, 3.8) is 0 Å². The standard InChI is InChI=1S/C19H22N2O2.BrH/c1-2-7-18(20)21-19(22)23-12-17-15-10-5-3-8-13(15)14-9-4-6-11-16(14)17;/h3-6,8-11,17-18H,2,7,12,20H2,1H3,(H,21,22);1H. The normalized spacial score (nSPS) is 13.4. The summed E-state index contributed by atoms with van der Waals surface area (Å²) in [5.74, 6) is 0.0792. The molecule has 1 unspecified atom stereocenters. The molecule has 0 saturated heterocycles. The largest absolute Gasteiger partial charge is 0.449 e. The van der Waals surface area contributed by atoms with Crippen molar-refractivity contribution in [2.45, 2.75) is 31.8 Å². The van der Waals surface area contributed by atoms with Crippen molar-refractivity contribution in [3.8, 4) is 11.1 Å². The molecule has 1 aliphatic carbocycles. The van der Waals surface area contributed by atoms with Gasteiger partial charge in [-0.05, 0) is 28.7 Å². The first-order valence-corrected chi connectivity index (χ1v) is 8.07. The van der Waals surface area contributed by atoms with Crippen molar-refractivity contribution in [2.75, 3.05) is 6.61 Å². The van der Waals surface area contributed by atoms with E-state index in [0.717, 1.165) is 12.8 Å². The molecule has 128 valence electrons. The van der Waals surface area contributed by atoms with E-state index in [2.05, 4.69) is 29.6 Å². The topological polar surface area (TPSA) is 64.3 Å². The molecule has 0 aliphatic heterocycles. The number of fused-ring (bicyclic) bond motifs is 3. The maximum Gasteiger partial charge on any atom is 0.408 e. The van der Waals surface area contributed by atoms with Crippen molar-refractivity contribution in [3.05, 3.63) is 59.7 Å². The van der Waals surface area contributed by atoms with Gasteiger partial charge >= 0.3 is 6.09 Å². The van der Waals surface area contributed by atoms with Gasteiger partial charge in [0.25, 0.3) is 0 Å². The van der Waals surface area contributed by atoms with Crippen LogP contribution in [0.15, 0.2) is 48.5 Å². The molecular weight excluding hydrogens is 368 g/mol. The van der Waals surface area contributed by atoms with Gasteiger partial charge in [0.15, 0.2) is 0 Å². The Morgan fingerprint density at radius 3 is 2.21 bits per heavy atom. The number of nitrogens with two attached hydrogens (primary N) is 1. The average Bonchev–Trinajstić information content (AvgIpc) is 2.87. The Morgan fingerprint density at radius 2 is 1.67 bits per heavy atom. The molecule has 0 radical (unpaired) electrons. The molecular formula is C19H23BrN2O2. The molecule has 4 nitrogen and oxygen atoms in total. The van der Waals surface area contributed by atoms with E-state index in [4.69, 9.17) is 10.5 Å².